The molecule has 0 saturated carbocycles. The van der Waals surface area contributed by atoms with Gasteiger partial charge in [0.05, 0.1) is 0 Å². The highest BCUT2D eigenvalue weighted by Gasteiger charge is 2.02. The zero-order chi connectivity index (χ0) is 11.4. The third kappa shape index (κ3) is 2.54. The predicted octanol–water partition coefficient (Wildman–Crippen LogP) is 3.09. The van der Waals surface area contributed by atoms with Gasteiger partial charge in [-0.25, -0.2) is 0 Å². The van der Waals surface area contributed by atoms with Gasteiger partial charge in [0.2, 0.25) is 0 Å². The molecule has 0 radical (unpaired) electrons. The van der Waals surface area contributed by atoms with Crippen LogP contribution in [0.1, 0.15) is 22.3 Å². The first-order valence-corrected chi connectivity index (χ1v) is 5.26. The maximum Gasteiger partial charge on any atom is 0.185 e. The van der Waals surface area contributed by atoms with Crippen LogP contribution in [-0.2, 0) is 0 Å². The zero-order valence-electron chi connectivity index (χ0n) is 9.18. The number of benzene rings is 1. The molecule has 0 spiro atoms. The molecule has 80 valence electrons. The fourth-order valence-electron chi connectivity index (χ4n) is 1.55. The van der Waals surface area contributed by atoms with Crippen molar-refractivity contribution in [2.24, 2.45) is 4.99 Å². The van der Waals surface area contributed by atoms with E-state index in [4.69, 9.17) is 0 Å². The molecule has 1 aromatic carbocycles. The number of aliphatic imine (C=N–C) groups is 1. The fraction of sp³-hybridized carbons (Fsp3) is 0.143. The van der Waals surface area contributed by atoms with Crippen molar-refractivity contribution in [1.29, 1.82) is 0 Å². The number of carbonyl (C=O) groups is 1. The molecule has 2 rings (SSSR count). The van der Waals surface area contributed by atoms with Gasteiger partial charge in [0, 0.05) is 23.9 Å². The Labute approximate surface area is 95.0 Å². The highest BCUT2D eigenvalue weighted by atomic mass is 16.1. The Morgan fingerprint density at radius 1 is 1.44 bits per heavy atom. The summed E-state index contributed by atoms with van der Waals surface area (Å²) in [4.78, 5) is 15.9. The van der Waals surface area contributed by atoms with E-state index in [1.54, 1.807) is 18.4 Å². The molecule has 16 heavy (non-hydrogen) atoms. The van der Waals surface area contributed by atoms with Gasteiger partial charge in [0.15, 0.2) is 5.78 Å². The molecule has 1 aromatic rings. The van der Waals surface area contributed by atoms with Crippen molar-refractivity contribution in [3.05, 3.63) is 59.8 Å². The Balaban J connectivity index is 2.08. The molecular weight excluding hydrogens is 198 g/mol. The highest BCUT2D eigenvalue weighted by molar-refractivity contribution is 6.09. The van der Waals surface area contributed by atoms with Crippen molar-refractivity contribution in [2.75, 3.05) is 0 Å². The van der Waals surface area contributed by atoms with Crippen molar-refractivity contribution in [3.8, 4) is 0 Å². The van der Waals surface area contributed by atoms with Crippen LogP contribution in [0.3, 0.4) is 0 Å². The molecule has 0 amide bonds. The van der Waals surface area contributed by atoms with Gasteiger partial charge < -0.3 is 0 Å². The Bertz CT molecular complexity index is 495. The van der Waals surface area contributed by atoms with Crippen LogP contribution in [0.2, 0.25) is 0 Å². The average Bonchev–Trinajstić information content (AvgIpc) is 2.78. The van der Waals surface area contributed by atoms with Crippen molar-refractivity contribution < 1.29 is 4.79 Å². The standard InChI is InChI=1S/C14H13NO/c1-11-4-2-5-12(10-11)14(16)8-7-13-6-3-9-15-13/h2-5,7-10H,6H2,1H3/b8-7+. The van der Waals surface area contributed by atoms with Gasteiger partial charge in [-0.05, 0) is 25.1 Å². The van der Waals surface area contributed by atoms with Gasteiger partial charge in [0.25, 0.3) is 0 Å². The SMILES string of the molecule is Cc1cccc(C(=O)/C=C/C2=NC=CC2)c1. The summed E-state index contributed by atoms with van der Waals surface area (Å²) in [6.45, 7) is 1.98. The largest absolute Gasteiger partial charge is 0.289 e. The number of hydrogen-bond acceptors (Lipinski definition) is 2. The van der Waals surface area contributed by atoms with E-state index in [9.17, 15) is 4.79 Å². The molecule has 1 aliphatic rings. The van der Waals surface area contributed by atoms with E-state index in [0.717, 1.165) is 23.3 Å². The van der Waals surface area contributed by atoms with Gasteiger partial charge >= 0.3 is 0 Å². The Morgan fingerprint density at radius 2 is 2.31 bits per heavy atom. The summed E-state index contributed by atoms with van der Waals surface area (Å²) in [6, 6.07) is 7.59. The molecule has 0 aromatic heterocycles. The monoisotopic (exact) mass is 211 g/mol. The molecule has 0 bridgehead atoms. The molecule has 2 heteroatoms. The summed E-state index contributed by atoms with van der Waals surface area (Å²) in [6.07, 6.45) is 7.91. The molecule has 0 atom stereocenters. The summed E-state index contributed by atoms with van der Waals surface area (Å²) < 4.78 is 0. The van der Waals surface area contributed by atoms with Gasteiger partial charge in [-0.3, -0.25) is 9.79 Å². The molecule has 1 aliphatic heterocycles. The van der Waals surface area contributed by atoms with E-state index >= 15 is 0 Å². The van der Waals surface area contributed by atoms with Crippen LogP contribution in [0.5, 0.6) is 0 Å². The topological polar surface area (TPSA) is 29.4 Å². The molecule has 1 heterocycles. The van der Waals surface area contributed by atoms with Crippen molar-refractivity contribution in [1.82, 2.24) is 0 Å². The smallest absolute Gasteiger partial charge is 0.185 e. The second-order valence-corrected chi connectivity index (χ2v) is 3.78. The minimum absolute atomic E-state index is 0.0262. The van der Waals surface area contributed by atoms with E-state index < -0.39 is 0 Å². The minimum Gasteiger partial charge on any atom is -0.289 e. The Kier molecular flexibility index (Phi) is 3.10. The van der Waals surface area contributed by atoms with Crippen molar-refractivity contribution in [3.63, 3.8) is 0 Å². The van der Waals surface area contributed by atoms with Crippen molar-refractivity contribution >= 4 is 11.5 Å². The van der Waals surface area contributed by atoms with Crippen molar-refractivity contribution in [2.45, 2.75) is 13.3 Å². The summed E-state index contributed by atoms with van der Waals surface area (Å²) in [7, 11) is 0. The van der Waals surface area contributed by atoms with E-state index in [2.05, 4.69) is 4.99 Å². The lowest BCUT2D eigenvalue weighted by Gasteiger charge is -1.97. The van der Waals surface area contributed by atoms with Gasteiger partial charge in [-0.2, -0.15) is 0 Å². The quantitative estimate of drug-likeness (QED) is 0.558. The van der Waals surface area contributed by atoms with Crippen LogP contribution >= 0.6 is 0 Å². The number of hydrogen-bond donors (Lipinski definition) is 0. The summed E-state index contributed by atoms with van der Waals surface area (Å²) >= 11 is 0. The minimum atomic E-state index is 0.0262. The van der Waals surface area contributed by atoms with Crippen LogP contribution in [0, 0.1) is 6.92 Å². The number of rotatable bonds is 3. The maximum absolute atomic E-state index is 11.8. The highest BCUT2D eigenvalue weighted by Crippen LogP contribution is 2.07. The van der Waals surface area contributed by atoms with Gasteiger partial charge in [-0.15, -0.1) is 0 Å². The number of aryl methyl sites for hydroxylation is 1. The van der Waals surface area contributed by atoms with Crippen LogP contribution in [-0.4, -0.2) is 11.5 Å². The van der Waals surface area contributed by atoms with E-state index in [-0.39, 0.29) is 5.78 Å². The van der Waals surface area contributed by atoms with Crippen LogP contribution < -0.4 is 0 Å². The maximum atomic E-state index is 11.8. The third-order valence-electron chi connectivity index (χ3n) is 2.40. The molecule has 2 nitrogen and oxygen atoms in total. The fourth-order valence-corrected chi connectivity index (χ4v) is 1.55. The zero-order valence-corrected chi connectivity index (χ0v) is 9.18. The third-order valence-corrected chi connectivity index (χ3v) is 2.40. The number of ketones is 1. The first kappa shape index (κ1) is 10.6. The van der Waals surface area contributed by atoms with Crippen LogP contribution in [0.25, 0.3) is 0 Å². The number of carbonyl (C=O) groups excluding carboxylic acids is 1. The van der Waals surface area contributed by atoms with E-state index in [1.165, 1.54) is 0 Å². The van der Waals surface area contributed by atoms with Gasteiger partial charge in [0.1, 0.15) is 0 Å². The van der Waals surface area contributed by atoms with Crippen LogP contribution in [0.4, 0.5) is 0 Å². The molecular formula is C14H13NO. The first-order valence-electron chi connectivity index (χ1n) is 5.26. The van der Waals surface area contributed by atoms with E-state index in [1.807, 2.05) is 37.3 Å². The Morgan fingerprint density at radius 3 is 3.00 bits per heavy atom. The summed E-state index contributed by atoms with van der Waals surface area (Å²) in [5, 5.41) is 0. The summed E-state index contributed by atoms with van der Waals surface area (Å²) in [5.41, 5.74) is 2.75. The Hall–Kier alpha value is -1.96. The molecule has 0 unspecified atom stereocenters. The lowest BCUT2D eigenvalue weighted by Crippen LogP contribution is -1.96. The number of allylic oxidation sites excluding steroid dienone is 3. The van der Waals surface area contributed by atoms with E-state index in [0.29, 0.717) is 0 Å². The average molecular weight is 211 g/mol. The molecule has 0 fully saturated rings. The lowest BCUT2D eigenvalue weighted by atomic mass is 10.1. The summed E-state index contributed by atoms with van der Waals surface area (Å²) in [5.74, 6) is 0.0262. The molecule has 0 N–H and O–H groups in total. The molecule has 0 aliphatic carbocycles. The normalized spacial score (nSPS) is 14.4. The predicted molar refractivity (Wildman–Crippen MR) is 65.8 cm³/mol. The second kappa shape index (κ2) is 4.71. The second-order valence-electron chi connectivity index (χ2n) is 3.78. The number of nitrogens with zero attached hydrogens (tertiary/aromatic N) is 1. The molecule has 0 saturated heterocycles. The van der Waals surface area contributed by atoms with Gasteiger partial charge in [-0.1, -0.05) is 29.8 Å². The van der Waals surface area contributed by atoms with Crippen LogP contribution in [0.15, 0.2) is 53.7 Å². The lowest BCUT2D eigenvalue weighted by molar-refractivity contribution is 0.104. The first-order chi connectivity index (χ1) is 7.75.